The summed E-state index contributed by atoms with van der Waals surface area (Å²) in [5.41, 5.74) is 1.20. The zero-order chi connectivity index (χ0) is 13.9. The topological polar surface area (TPSA) is 60.7 Å². The minimum atomic E-state index is 0.0392. The van der Waals surface area contributed by atoms with Crippen LogP contribution in [0.3, 0.4) is 0 Å². The second-order valence-electron chi connectivity index (χ2n) is 5.31. The highest BCUT2D eigenvalue weighted by atomic mass is 15.1. The van der Waals surface area contributed by atoms with E-state index in [0.29, 0.717) is 0 Å². The van der Waals surface area contributed by atoms with Gasteiger partial charge >= 0.3 is 0 Å². The van der Waals surface area contributed by atoms with Gasteiger partial charge in [0.05, 0.1) is 18.0 Å². The molecule has 1 aliphatic rings. The van der Waals surface area contributed by atoms with Crippen LogP contribution >= 0.6 is 0 Å². The Kier molecular flexibility index (Phi) is 3.53. The maximum Gasteiger partial charge on any atom is 0.134 e. The number of hydrogen-bond donors (Lipinski definition) is 2. The van der Waals surface area contributed by atoms with Crippen LogP contribution in [-0.4, -0.2) is 24.1 Å². The Morgan fingerprint density at radius 3 is 3.15 bits per heavy atom. The predicted octanol–water partition coefficient (Wildman–Crippen LogP) is 2.46. The molecule has 2 N–H and O–H groups in total. The summed E-state index contributed by atoms with van der Waals surface area (Å²) < 4.78 is 0. The zero-order valence-electron chi connectivity index (χ0n) is 11.6. The third-order valence-electron chi connectivity index (χ3n) is 3.97. The molecule has 0 radical (unpaired) electrons. The van der Waals surface area contributed by atoms with E-state index in [9.17, 15) is 5.26 Å². The third kappa shape index (κ3) is 2.33. The standard InChI is InChI=1S/C16H18N4/c1-11-3-2-4-12-6-8-19-16(15(11)12)20-14-10-18-7-5-13(14)9-17/h2-4,6,8,13-14,18H,5,7,10H2,1H3,(H,19,20). The lowest BCUT2D eigenvalue weighted by Crippen LogP contribution is -2.44. The van der Waals surface area contributed by atoms with Gasteiger partial charge < -0.3 is 10.6 Å². The van der Waals surface area contributed by atoms with E-state index in [0.717, 1.165) is 30.7 Å². The van der Waals surface area contributed by atoms with E-state index in [1.807, 2.05) is 12.3 Å². The quantitative estimate of drug-likeness (QED) is 0.876. The van der Waals surface area contributed by atoms with E-state index in [-0.39, 0.29) is 12.0 Å². The predicted molar refractivity (Wildman–Crippen MR) is 80.5 cm³/mol. The number of fused-ring (bicyclic) bond motifs is 1. The number of hydrogen-bond acceptors (Lipinski definition) is 4. The molecule has 0 bridgehead atoms. The van der Waals surface area contributed by atoms with Crippen LogP contribution in [0.5, 0.6) is 0 Å². The lowest BCUT2D eigenvalue weighted by molar-refractivity contribution is 0.406. The van der Waals surface area contributed by atoms with Crippen LogP contribution in [0.2, 0.25) is 0 Å². The van der Waals surface area contributed by atoms with Crippen molar-refractivity contribution in [2.24, 2.45) is 5.92 Å². The Labute approximate surface area is 118 Å². The molecule has 2 heterocycles. The van der Waals surface area contributed by atoms with Crippen molar-refractivity contribution < 1.29 is 0 Å². The molecule has 1 aromatic heterocycles. The van der Waals surface area contributed by atoms with Crippen molar-refractivity contribution >= 4 is 16.6 Å². The van der Waals surface area contributed by atoms with Gasteiger partial charge in [-0.05, 0) is 36.9 Å². The van der Waals surface area contributed by atoms with E-state index in [1.54, 1.807) is 0 Å². The second-order valence-corrected chi connectivity index (χ2v) is 5.31. The van der Waals surface area contributed by atoms with E-state index in [1.165, 1.54) is 10.9 Å². The molecule has 0 amide bonds. The molecular weight excluding hydrogens is 248 g/mol. The first-order chi connectivity index (χ1) is 9.79. The number of nitrogens with zero attached hydrogens (tertiary/aromatic N) is 2. The van der Waals surface area contributed by atoms with Crippen molar-refractivity contribution in [2.45, 2.75) is 19.4 Å². The first-order valence-corrected chi connectivity index (χ1v) is 7.01. The summed E-state index contributed by atoms with van der Waals surface area (Å²) in [5, 5.41) is 18.4. The van der Waals surface area contributed by atoms with Gasteiger partial charge in [0.25, 0.3) is 0 Å². The molecule has 1 saturated heterocycles. The zero-order valence-corrected chi connectivity index (χ0v) is 11.6. The summed E-state index contributed by atoms with van der Waals surface area (Å²) in [6.45, 7) is 3.82. The smallest absolute Gasteiger partial charge is 0.134 e. The lowest BCUT2D eigenvalue weighted by atomic mass is 9.94. The Morgan fingerprint density at radius 1 is 1.40 bits per heavy atom. The van der Waals surface area contributed by atoms with Crippen molar-refractivity contribution in [3.8, 4) is 6.07 Å². The molecule has 0 saturated carbocycles. The number of nitrogens with one attached hydrogen (secondary N) is 2. The fraction of sp³-hybridized carbons (Fsp3) is 0.375. The van der Waals surface area contributed by atoms with Gasteiger partial charge in [0, 0.05) is 18.1 Å². The number of piperidine rings is 1. The Balaban J connectivity index is 1.96. The number of anilines is 1. The van der Waals surface area contributed by atoms with E-state index in [4.69, 9.17) is 0 Å². The van der Waals surface area contributed by atoms with Crippen LogP contribution in [0.1, 0.15) is 12.0 Å². The van der Waals surface area contributed by atoms with Gasteiger partial charge in [-0.15, -0.1) is 0 Å². The average molecular weight is 266 g/mol. The summed E-state index contributed by atoms with van der Waals surface area (Å²) in [5.74, 6) is 0.923. The monoisotopic (exact) mass is 266 g/mol. The molecule has 4 nitrogen and oxygen atoms in total. The normalized spacial score (nSPS) is 22.4. The maximum atomic E-state index is 9.27. The van der Waals surface area contributed by atoms with Gasteiger partial charge in [0.15, 0.2) is 0 Å². The van der Waals surface area contributed by atoms with Crippen LogP contribution in [-0.2, 0) is 0 Å². The molecule has 1 aliphatic heterocycles. The molecule has 1 aromatic carbocycles. The number of rotatable bonds is 2. The van der Waals surface area contributed by atoms with Crippen molar-refractivity contribution in [1.29, 1.82) is 5.26 Å². The molecule has 102 valence electrons. The Hall–Kier alpha value is -2.12. The molecule has 1 fully saturated rings. The average Bonchev–Trinajstić information content (AvgIpc) is 2.48. The molecular formula is C16H18N4. The third-order valence-corrected chi connectivity index (χ3v) is 3.97. The van der Waals surface area contributed by atoms with Crippen LogP contribution in [0.15, 0.2) is 30.5 Å². The number of nitriles is 1. The summed E-state index contributed by atoms with van der Waals surface area (Å²) in [6, 6.07) is 10.8. The van der Waals surface area contributed by atoms with Gasteiger partial charge in [0.2, 0.25) is 0 Å². The lowest BCUT2D eigenvalue weighted by Gasteiger charge is -2.29. The fourth-order valence-corrected chi connectivity index (χ4v) is 2.86. The molecule has 0 aliphatic carbocycles. The number of aromatic nitrogens is 1. The number of aryl methyl sites for hydroxylation is 1. The summed E-state index contributed by atoms with van der Waals surface area (Å²) in [7, 11) is 0. The molecule has 0 spiro atoms. The molecule has 2 aromatic rings. The molecule has 20 heavy (non-hydrogen) atoms. The molecule has 4 heteroatoms. The molecule has 2 unspecified atom stereocenters. The van der Waals surface area contributed by atoms with Crippen LogP contribution < -0.4 is 10.6 Å². The highest BCUT2D eigenvalue weighted by Crippen LogP contribution is 2.26. The summed E-state index contributed by atoms with van der Waals surface area (Å²) >= 11 is 0. The Bertz CT molecular complexity index is 654. The van der Waals surface area contributed by atoms with Crippen molar-refractivity contribution in [3.63, 3.8) is 0 Å². The highest BCUT2D eigenvalue weighted by Gasteiger charge is 2.25. The largest absolute Gasteiger partial charge is 0.364 e. The first-order valence-electron chi connectivity index (χ1n) is 7.01. The number of pyridine rings is 1. The summed E-state index contributed by atoms with van der Waals surface area (Å²) in [6.07, 6.45) is 2.71. The van der Waals surface area contributed by atoms with Crippen LogP contribution in [0, 0.1) is 24.2 Å². The maximum absolute atomic E-state index is 9.27. The van der Waals surface area contributed by atoms with Crippen LogP contribution in [0.4, 0.5) is 5.82 Å². The number of benzene rings is 1. The van der Waals surface area contributed by atoms with Gasteiger partial charge in [-0.2, -0.15) is 5.26 Å². The molecule has 3 rings (SSSR count). The van der Waals surface area contributed by atoms with E-state index in [2.05, 4.69) is 46.8 Å². The van der Waals surface area contributed by atoms with E-state index >= 15 is 0 Å². The first kappa shape index (κ1) is 12.9. The van der Waals surface area contributed by atoms with E-state index < -0.39 is 0 Å². The minimum Gasteiger partial charge on any atom is -0.364 e. The summed E-state index contributed by atoms with van der Waals surface area (Å²) in [4.78, 5) is 4.48. The van der Waals surface area contributed by atoms with Gasteiger partial charge in [-0.3, -0.25) is 0 Å². The fourth-order valence-electron chi connectivity index (χ4n) is 2.86. The SMILES string of the molecule is Cc1cccc2ccnc(NC3CNCCC3C#N)c12. The van der Waals surface area contributed by atoms with Crippen LogP contribution in [0.25, 0.3) is 10.8 Å². The molecule has 2 atom stereocenters. The Morgan fingerprint density at radius 2 is 2.30 bits per heavy atom. The van der Waals surface area contributed by atoms with Gasteiger partial charge in [-0.25, -0.2) is 4.98 Å². The minimum absolute atomic E-state index is 0.0392. The van der Waals surface area contributed by atoms with Crippen molar-refractivity contribution in [2.75, 3.05) is 18.4 Å². The van der Waals surface area contributed by atoms with Gasteiger partial charge in [-0.1, -0.05) is 18.2 Å². The van der Waals surface area contributed by atoms with Crippen molar-refractivity contribution in [3.05, 3.63) is 36.0 Å². The van der Waals surface area contributed by atoms with Crippen molar-refractivity contribution in [1.82, 2.24) is 10.3 Å². The second kappa shape index (κ2) is 5.48. The van der Waals surface area contributed by atoms with Gasteiger partial charge in [0.1, 0.15) is 5.82 Å². The highest BCUT2D eigenvalue weighted by molar-refractivity contribution is 5.94.